The molecule has 0 unspecified atom stereocenters. The van der Waals surface area contributed by atoms with Gasteiger partial charge in [-0.2, -0.15) is 0 Å². The molecule has 2 aliphatic rings. The van der Waals surface area contributed by atoms with Crippen LogP contribution in [0.3, 0.4) is 0 Å². The second-order valence-electron chi connectivity index (χ2n) is 8.49. The lowest BCUT2D eigenvalue weighted by Gasteiger charge is -2.24. The van der Waals surface area contributed by atoms with Gasteiger partial charge in [0.2, 0.25) is 5.91 Å². The third-order valence-electron chi connectivity index (χ3n) is 6.31. The number of anilines is 1. The van der Waals surface area contributed by atoms with Crippen molar-refractivity contribution >= 4 is 29.1 Å². The summed E-state index contributed by atoms with van der Waals surface area (Å²) in [5.41, 5.74) is 9.13. The van der Waals surface area contributed by atoms with Crippen LogP contribution in [-0.2, 0) is 4.79 Å². The Hall–Kier alpha value is -3.35. The summed E-state index contributed by atoms with van der Waals surface area (Å²) in [6.07, 6.45) is 0.536. The first kappa shape index (κ1) is 21.5. The first-order valence-corrected chi connectivity index (χ1v) is 11.3. The highest BCUT2D eigenvalue weighted by molar-refractivity contribution is 6.30. The molecule has 6 nitrogen and oxygen atoms in total. The normalized spacial score (nSPS) is 21.4. The third-order valence-corrected chi connectivity index (χ3v) is 6.54. The molecule has 3 atom stereocenters. The van der Waals surface area contributed by atoms with E-state index in [2.05, 4.69) is 5.32 Å². The summed E-state index contributed by atoms with van der Waals surface area (Å²) in [5, 5.41) is 3.46. The first-order chi connectivity index (χ1) is 16.0. The number of hydrogen-bond acceptors (Lipinski definition) is 4. The van der Waals surface area contributed by atoms with Gasteiger partial charge in [0.15, 0.2) is 0 Å². The lowest BCUT2D eigenvalue weighted by Crippen LogP contribution is -2.43. The highest BCUT2D eigenvalue weighted by Gasteiger charge is 2.40. The lowest BCUT2D eigenvalue weighted by atomic mass is 9.96. The standard InChI is InChI=1S/C26H24ClN3O3/c27-19-7-4-8-20(13-19)29-25(31)23-11-18(16-5-2-1-3-6-16)14-30(23)26(32)17-9-10-21-22(28)15-33-24(21)12-17/h1-10,12-13,18,22-23H,11,14-15,28H2,(H,29,31)/t18-,22+,23-/m0/s1. The summed E-state index contributed by atoms with van der Waals surface area (Å²) in [6, 6.07) is 21.5. The molecular formula is C26H24ClN3O3. The molecule has 3 N–H and O–H groups in total. The molecule has 2 amide bonds. The summed E-state index contributed by atoms with van der Waals surface area (Å²) >= 11 is 6.07. The number of carbonyl (C=O) groups excluding carboxylic acids is 2. The Morgan fingerprint density at radius 1 is 1.03 bits per heavy atom. The van der Waals surface area contributed by atoms with E-state index in [1.165, 1.54) is 0 Å². The predicted octanol–water partition coefficient (Wildman–Crippen LogP) is 4.37. The first-order valence-electron chi connectivity index (χ1n) is 10.9. The molecule has 168 valence electrons. The largest absolute Gasteiger partial charge is 0.491 e. The van der Waals surface area contributed by atoms with Crippen molar-refractivity contribution in [1.29, 1.82) is 0 Å². The lowest BCUT2D eigenvalue weighted by molar-refractivity contribution is -0.119. The van der Waals surface area contributed by atoms with Crippen molar-refractivity contribution in [2.75, 3.05) is 18.5 Å². The van der Waals surface area contributed by atoms with E-state index in [1.807, 2.05) is 36.4 Å². The SMILES string of the molecule is N[C@@H]1COc2cc(C(=O)N3C[C@@H](c4ccccc4)C[C@H]3C(=O)Nc3cccc(Cl)c3)ccc21. The number of rotatable bonds is 4. The second-order valence-corrected chi connectivity index (χ2v) is 8.92. The van der Waals surface area contributed by atoms with Gasteiger partial charge in [-0.3, -0.25) is 9.59 Å². The van der Waals surface area contributed by atoms with Gasteiger partial charge in [-0.1, -0.05) is 54.1 Å². The van der Waals surface area contributed by atoms with E-state index < -0.39 is 6.04 Å². The van der Waals surface area contributed by atoms with Gasteiger partial charge in [0.1, 0.15) is 18.4 Å². The van der Waals surface area contributed by atoms with Crippen LogP contribution in [0.25, 0.3) is 0 Å². The summed E-state index contributed by atoms with van der Waals surface area (Å²) < 4.78 is 5.63. The maximum Gasteiger partial charge on any atom is 0.254 e. The highest BCUT2D eigenvalue weighted by Crippen LogP contribution is 2.36. The van der Waals surface area contributed by atoms with E-state index in [-0.39, 0.29) is 23.8 Å². The molecule has 0 aromatic heterocycles. The van der Waals surface area contributed by atoms with Crippen LogP contribution >= 0.6 is 11.6 Å². The molecule has 7 heteroatoms. The fourth-order valence-electron chi connectivity index (χ4n) is 4.60. The molecule has 2 heterocycles. The number of hydrogen-bond donors (Lipinski definition) is 2. The number of nitrogens with two attached hydrogens (primary N) is 1. The molecule has 0 radical (unpaired) electrons. The zero-order valence-corrected chi connectivity index (χ0v) is 18.7. The second kappa shape index (κ2) is 8.89. The van der Waals surface area contributed by atoms with Gasteiger partial charge in [0, 0.05) is 34.3 Å². The van der Waals surface area contributed by atoms with Crippen LogP contribution in [0.4, 0.5) is 5.69 Å². The third kappa shape index (κ3) is 4.32. The van der Waals surface area contributed by atoms with Crippen molar-refractivity contribution in [3.8, 4) is 5.75 Å². The van der Waals surface area contributed by atoms with Crippen LogP contribution in [0, 0.1) is 0 Å². The smallest absolute Gasteiger partial charge is 0.254 e. The number of halogens is 1. The molecule has 0 spiro atoms. The zero-order chi connectivity index (χ0) is 22.9. The van der Waals surface area contributed by atoms with Crippen molar-refractivity contribution in [3.63, 3.8) is 0 Å². The molecule has 5 rings (SSSR count). The van der Waals surface area contributed by atoms with Crippen LogP contribution in [0.1, 0.15) is 39.9 Å². The van der Waals surface area contributed by atoms with Gasteiger partial charge < -0.3 is 20.7 Å². The summed E-state index contributed by atoms with van der Waals surface area (Å²) in [4.78, 5) is 28.5. The Morgan fingerprint density at radius 2 is 1.85 bits per heavy atom. The zero-order valence-electron chi connectivity index (χ0n) is 17.9. The molecule has 1 saturated heterocycles. The van der Waals surface area contributed by atoms with E-state index in [4.69, 9.17) is 22.1 Å². The van der Waals surface area contributed by atoms with E-state index in [0.29, 0.717) is 41.6 Å². The van der Waals surface area contributed by atoms with Crippen molar-refractivity contribution in [3.05, 3.63) is 94.5 Å². The Kier molecular flexibility index (Phi) is 5.79. The molecule has 0 saturated carbocycles. The fraction of sp³-hybridized carbons (Fsp3) is 0.231. The average Bonchev–Trinajstić information content (AvgIpc) is 3.43. The minimum atomic E-state index is -0.613. The van der Waals surface area contributed by atoms with Gasteiger partial charge in [-0.15, -0.1) is 0 Å². The van der Waals surface area contributed by atoms with Gasteiger partial charge in [0.05, 0.1) is 6.04 Å². The summed E-state index contributed by atoms with van der Waals surface area (Å²) in [7, 11) is 0. The fourth-order valence-corrected chi connectivity index (χ4v) is 4.79. The van der Waals surface area contributed by atoms with Crippen molar-refractivity contribution in [2.45, 2.75) is 24.4 Å². The van der Waals surface area contributed by atoms with Crippen LogP contribution in [0.5, 0.6) is 5.75 Å². The molecule has 0 aliphatic carbocycles. The average molecular weight is 462 g/mol. The molecular weight excluding hydrogens is 438 g/mol. The molecule has 2 aliphatic heterocycles. The minimum Gasteiger partial charge on any atom is -0.491 e. The molecule has 33 heavy (non-hydrogen) atoms. The van der Waals surface area contributed by atoms with E-state index in [9.17, 15) is 9.59 Å². The Balaban J connectivity index is 1.43. The maximum absolute atomic E-state index is 13.6. The van der Waals surface area contributed by atoms with Gasteiger partial charge in [-0.05, 0) is 42.3 Å². The maximum atomic E-state index is 13.6. The van der Waals surface area contributed by atoms with Crippen molar-refractivity contribution < 1.29 is 14.3 Å². The quantitative estimate of drug-likeness (QED) is 0.604. The van der Waals surface area contributed by atoms with Crippen LogP contribution in [-0.4, -0.2) is 35.9 Å². The van der Waals surface area contributed by atoms with Gasteiger partial charge in [-0.25, -0.2) is 0 Å². The Labute approximate surface area is 197 Å². The predicted molar refractivity (Wildman–Crippen MR) is 128 cm³/mol. The molecule has 0 bridgehead atoms. The van der Waals surface area contributed by atoms with Crippen LogP contribution in [0.15, 0.2) is 72.8 Å². The Bertz CT molecular complexity index is 1200. The minimum absolute atomic E-state index is 0.0596. The number of benzene rings is 3. The van der Waals surface area contributed by atoms with Crippen LogP contribution in [0.2, 0.25) is 5.02 Å². The number of carbonyl (C=O) groups is 2. The number of nitrogens with zero attached hydrogens (tertiary/aromatic N) is 1. The van der Waals surface area contributed by atoms with Gasteiger partial charge in [0.25, 0.3) is 5.91 Å². The molecule has 3 aromatic rings. The number of nitrogens with one attached hydrogen (secondary N) is 1. The van der Waals surface area contributed by atoms with E-state index in [1.54, 1.807) is 41.3 Å². The van der Waals surface area contributed by atoms with Crippen molar-refractivity contribution in [1.82, 2.24) is 4.90 Å². The monoisotopic (exact) mass is 461 g/mol. The Morgan fingerprint density at radius 3 is 2.64 bits per heavy atom. The summed E-state index contributed by atoms with van der Waals surface area (Å²) in [5.74, 6) is 0.256. The number of fused-ring (bicyclic) bond motifs is 1. The van der Waals surface area contributed by atoms with Crippen LogP contribution < -0.4 is 15.8 Å². The van der Waals surface area contributed by atoms with E-state index in [0.717, 1.165) is 11.1 Å². The number of likely N-dealkylation sites (tertiary alicyclic amines) is 1. The number of ether oxygens (including phenoxy) is 1. The van der Waals surface area contributed by atoms with Gasteiger partial charge >= 0.3 is 0 Å². The van der Waals surface area contributed by atoms with Crippen molar-refractivity contribution in [2.24, 2.45) is 5.73 Å². The van der Waals surface area contributed by atoms with E-state index >= 15 is 0 Å². The molecule has 3 aromatic carbocycles. The topological polar surface area (TPSA) is 84.7 Å². The molecule has 1 fully saturated rings. The number of amides is 2. The summed E-state index contributed by atoms with van der Waals surface area (Å²) in [6.45, 7) is 0.853. The highest BCUT2D eigenvalue weighted by atomic mass is 35.5.